The fourth-order valence-corrected chi connectivity index (χ4v) is 5.20. The van der Waals surface area contributed by atoms with Gasteiger partial charge in [0.1, 0.15) is 28.5 Å². The molecule has 0 bridgehead atoms. The summed E-state index contributed by atoms with van der Waals surface area (Å²) in [6.07, 6.45) is 4.16. The summed E-state index contributed by atoms with van der Waals surface area (Å²) in [5.41, 5.74) is 3.58. The van der Waals surface area contributed by atoms with Crippen LogP contribution in [0.2, 0.25) is 5.02 Å². The number of carbonyl (C=O) groups excluding carboxylic acids is 1. The number of amidine groups is 2. The van der Waals surface area contributed by atoms with Crippen LogP contribution in [0.15, 0.2) is 41.7 Å². The van der Waals surface area contributed by atoms with Crippen molar-refractivity contribution in [2.24, 2.45) is 4.99 Å². The first kappa shape index (κ1) is 23.8. The van der Waals surface area contributed by atoms with Gasteiger partial charge in [0.2, 0.25) is 5.91 Å². The van der Waals surface area contributed by atoms with Crippen LogP contribution in [0.1, 0.15) is 40.7 Å². The summed E-state index contributed by atoms with van der Waals surface area (Å²) >= 11 is 7.67. The highest BCUT2D eigenvalue weighted by atomic mass is 35.5. The fourth-order valence-electron chi connectivity index (χ4n) is 3.85. The number of aliphatic imine (C=N–C) groups is 1. The highest BCUT2D eigenvalue weighted by Gasteiger charge is 2.34. The number of rotatable bonds is 6. The number of nitrogens with zero attached hydrogens (tertiary/aromatic N) is 3. The Bertz CT molecular complexity index is 1260. The Morgan fingerprint density at radius 1 is 1.29 bits per heavy atom. The van der Waals surface area contributed by atoms with Gasteiger partial charge in [-0.15, -0.1) is 11.3 Å². The first-order valence-electron chi connectivity index (χ1n) is 10.9. The average Bonchev–Trinajstić information content (AvgIpc) is 3.39. The van der Waals surface area contributed by atoms with E-state index in [0.29, 0.717) is 11.4 Å². The fraction of sp³-hybridized carbons (Fsp3) is 0.292. The van der Waals surface area contributed by atoms with E-state index in [1.54, 1.807) is 35.6 Å². The molecule has 0 aliphatic carbocycles. The standard InChI is InChI=1S/C24H26ClN7OS/c1-13-14(2)34-24-21(13)22(16-4-6-17(25)7-5-16)31-18(23(27)32(24)15(3)26)12-30-20(33)9-8-19-28-10-11-29-19/h4-7,10-11,18,26-27H,8-9,12H2,1-3H3,(H,28,29)(H,30,33). The normalized spacial score (nSPS) is 15.5. The molecule has 1 aromatic carbocycles. The molecule has 1 aliphatic heterocycles. The molecule has 1 unspecified atom stereocenters. The number of hydrogen-bond donors (Lipinski definition) is 4. The predicted molar refractivity (Wildman–Crippen MR) is 138 cm³/mol. The number of amides is 1. The van der Waals surface area contributed by atoms with Crippen LogP contribution < -0.4 is 10.2 Å². The molecule has 8 nitrogen and oxygen atoms in total. The van der Waals surface area contributed by atoms with E-state index in [0.717, 1.165) is 38.1 Å². The van der Waals surface area contributed by atoms with Gasteiger partial charge in [-0.25, -0.2) is 4.98 Å². The molecule has 0 saturated heterocycles. The lowest BCUT2D eigenvalue weighted by molar-refractivity contribution is -0.121. The second-order valence-corrected chi connectivity index (χ2v) is 9.75. The minimum Gasteiger partial charge on any atom is -0.353 e. The number of anilines is 1. The second-order valence-electron chi connectivity index (χ2n) is 8.11. The first-order chi connectivity index (χ1) is 16.3. The molecule has 4 rings (SSSR count). The second kappa shape index (κ2) is 9.90. The predicted octanol–water partition coefficient (Wildman–Crippen LogP) is 4.49. The highest BCUT2D eigenvalue weighted by molar-refractivity contribution is 7.17. The molecule has 0 fully saturated rings. The van der Waals surface area contributed by atoms with Crippen LogP contribution in [-0.4, -0.2) is 45.8 Å². The van der Waals surface area contributed by atoms with Crippen molar-refractivity contribution in [3.63, 3.8) is 0 Å². The van der Waals surface area contributed by atoms with Crippen LogP contribution in [-0.2, 0) is 11.2 Å². The number of nitrogens with one attached hydrogen (secondary N) is 4. The summed E-state index contributed by atoms with van der Waals surface area (Å²) in [6.45, 7) is 5.89. The number of aromatic nitrogens is 2. The van der Waals surface area contributed by atoms with Gasteiger partial charge in [-0.05, 0) is 38.5 Å². The number of carbonyl (C=O) groups is 1. The molecule has 176 valence electrons. The van der Waals surface area contributed by atoms with Crippen molar-refractivity contribution in [3.05, 3.63) is 69.1 Å². The summed E-state index contributed by atoms with van der Waals surface area (Å²) in [4.78, 5) is 27.3. The summed E-state index contributed by atoms with van der Waals surface area (Å²) < 4.78 is 0. The minimum atomic E-state index is -0.655. The number of fused-ring (bicyclic) bond motifs is 1. The summed E-state index contributed by atoms with van der Waals surface area (Å²) in [5, 5.41) is 21.7. The zero-order valence-electron chi connectivity index (χ0n) is 19.2. The molecular weight excluding hydrogens is 470 g/mol. The number of thiophene rings is 1. The Labute approximate surface area is 207 Å². The molecule has 34 heavy (non-hydrogen) atoms. The van der Waals surface area contributed by atoms with Gasteiger partial charge < -0.3 is 10.3 Å². The molecule has 3 aromatic rings. The lowest BCUT2D eigenvalue weighted by Gasteiger charge is -2.25. The smallest absolute Gasteiger partial charge is 0.220 e. The monoisotopic (exact) mass is 495 g/mol. The van der Waals surface area contributed by atoms with Gasteiger partial charge in [-0.3, -0.25) is 25.5 Å². The van der Waals surface area contributed by atoms with Gasteiger partial charge in [0.05, 0.1) is 5.71 Å². The maximum Gasteiger partial charge on any atom is 0.220 e. The lowest BCUT2D eigenvalue weighted by Crippen LogP contribution is -2.45. The minimum absolute atomic E-state index is 0.142. The molecule has 4 N–H and O–H groups in total. The number of H-pyrrole nitrogens is 1. The third kappa shape index (κ3) is 4.80. The lowest BCUT2D eigenvalue weighted by atomic mass is 10.00. The number of aryl methyl sites for hydroxylation is 2. The Morgan fingerprint density at radius 3 is 2.68 bits per heavy atom. The first-order valence-corrected chi connectivity index (χ1v) is 12.1. The molecule has 1 atom stereocenters. The SMILES string of the molecule is CC(=N)N1C(=N)C(CNC(=O)CCc2ncc[nH]2)N=C(c2ccc(Cl)cc2)c2c1sc(C)c2C. The van der Waals surface area contributed by atoms with Crippen molar-refractivity contribution in [2.45, 2.75) is 39.7 Å². The van der Waals surface area contributed by atoms with E-state index in [2.05, 4.69) is 15.3 Å². The van der Waals surface area contributed by atoms with Crippen LogP contribution in [0.3, 0.4) is 0 Å². The molecule has 1 aliphatic rings. The van der Waals surface area contributed by atoms with Crippen LogP contribution in [0.4, 0.5) is 5.00 Å². The van der Waals surface area contributed by atoms with Crippen LogP contribution in [0.25, 0.3) is 0 Å². The molecule has 0 radical (unpaired) electrons. The van der Waals surface area contributed by atoms with E-state index >= 15 is 0 Å². The summed E-state index contributed by atoms with van der Waals surface area (Å²) in [5.74, 6) is 0.998. The third-order valence-electron chi connectivity index (χ3n) is 5.74. The van der Waals surface area contributed by atoms with Crippen molar-refractivity contribution in [2.75, 3.05) is 11.4 Å². The van der Waals surface area contributed by atoms with Gasteiger partial charge in [0.25, 0.3) is 0 Å². The number of imidazole rings is 1. The van der Waals surface area contributed by atoms with Crippen molar-refractivity contribution >= 4 is 51.2 Å². The van der Waals surface area contributed by atoms with E-state index in [4.69, 9.17) is 27.4 Å². The van der Waals surface area contributed by atoms with E-state index in [1.165, 1.54) is 0 Å². The van der Waals surface area contributed by atoms with Crippen LogP contribution >= 0.6 is 22.9 Å². The molecule has 1 amide bonds. The van der Waals surface area contributed by atoms with Gasteiger partial charge >= 0.3 is 0 Å². The molecule has 2 aromatic heterocycles. The van der Waals surface area contributed by atoms with E-state index in [9.17, 15) is 4.79 Å². The number of hydrogen-bond acceptors (Lipinski definition) is 6. The molecule has 0 spiro atoms. The van der Waals surface area contributed by atoms with Crippen molar-refractivity contribution < 1.29 is 4.79 Å². The van der Waals surface area contributed by atoms with Gasteiger partial charge in [-0.1, -0.05) is 23.7 Å². The molecule has 0 saturated carbocycles. The van der Waals surface area contributed by atoms with Crippen LogP contribution in [0.5, 0.6) is 0 Å². The summed E-state index contributed by atoms with van der Waals surface area (Å²) in [6, 6.07) is 6.79. The van der Waals surface area contributed by atoms with Gasteiger partial charge in [0.15, 0.2) is 0 Å². The highest BCUT2D eigenvalue weighted by Crippen LogP contribution is 2.39. The topological polar surface area (TPSA) is 121 Å². The van der Waals surface area contributed by atoms with Crippen molar-refractivity contribution in [1.82, 2.24) is 15.3 Å². The summed E-state index contributed by atoms with van der Waals surface area (Å²) in [7, 11) is 0. The largest absolute Gasteiger partial charge is 0.353 e. The van der Waals surface area contributed by atoms with E-state index in [1.807, 2.05) is 38.1 Å². The Balaban J connectivity index is 1.68. The van der Waals surface area contributed by atoms with Gasteiger partial charge in [-0.2, -0.15) is 0 Å². The molecule has 10 heteroatoms. The zero-order valence-corrected chi connectivity index (χ0v) is 20.8. The van der Waals surface area contributed by atoms with E-state index < -0.39 is 6.04 Å². The Kier molecular flexibility index (Phi) is 6.95. The third-order valence-corrected chi connectivity index (χ3v) is 7.18. The van der Waals surface area contributed by atoms with Crippen LogP contribution in [0, 0.1) is 24.7 Å². The quantitative estimate of drug-likeness (QED) is 0.297. The maximum absolute atomic E-state index is 12.5. The van der Waals surface area contributed by atoms with Gasteiger partial charge in [0, 0.05) is 52.8 Å². The Morgan fingerprint density at radius 2 is 2.03 bits per heavy atom. The van der Waals surface area contributed by atoms with E-state index in [-0.39, 0.29) is 30.5 Å². The molecular formula is C24H26ClN7OS. The average molecular weight is 496 g/mol. The number of aromatic amines is 1. The number of halogens is 1. The number of benzene rings is 1. The zero-order chi connectivity index (χ0) is 24.4. The maximum atomic E-state index is 12.5. The molecule has 3 heterocycles. The van der Waals surface area contributed by atoms with Crippen molar-refractivity contribution in [3.8, 4) is 0 Å². The Hall–Kier alpha value is -3.30. The van der Waals surface area contributed by atoms with Crippen molar-refractivity contribution in [1.29, 1.82) is 10.8 Å².